The first kappa shape index (κ1) is 24.3. The smallest absolute Gasteiger partial charge is 0.253 e. The van der Waals surface area contributed by atoms with E-state index in [-0.39, 0.29) is 30.4 Å². The van der Waals surface area contributed by atoms with Crippen molar-refractivity contribution >= 4 is 29.1 Å². The van der Waals surface area contributed by atoms with E-state index < -0.39 is 0 Å². The van der Waals surface area contributed by atoms with Gasteiger partial charge in [-0.1, -0.05) is 6.07 Å². The van der Waals surface area contributed by atoms with E-state index in [1.165, 1.54) is 0 Å². The third kappa shape index (κ3) is 7.05. The monoisotopic (exact) mass is 452 g/mol. The first-order valence-corrected chi connectivity index (χ1v) is 11.4. The fourth-order valence-electron chi connectivity index (χ4n) is 3.66. The summed E-state index contributed by atoms with van der Waals surface area (Å²) >= 11 is 0. The summed E-state index contributed by atoms with van der Waals surface area (Å²) in [4.78, 5) is 38.9. The van der Waals surface area contributed by atoms with Gasteiger partial charge in [-0.15, -0.1) is 0 Å². The molecule has 1 atom stereocenters. The summed E-state index contributed by atoms with van der Waals surface area (Å²) in [6.07, 6.45) is 2.11. The summed E-state index contributed by atoms with van der Waals surface area (Å²) in [6.45, 7) is 6.45. The highest BCUT2D eigenvalue weighted by molar-refractivity contribution is 5.98. The molecule has 0 spiro atoms. The Labute approximate surface area is 194 Å². The van der Waals surface area contributed by atoms with Gasteiger partial charge in [-0.2, -0.15) is 0 Å². The van der Waals surface area contributed by atoms with E-state index in [1.807, 2.05) is 13.8 Å². The molecule has 3 N–H and O–H groups in total. The number of hydrogen-bond acceptors (Lipinski definition) is 5. The van der Waals surface area contributed by atoms with Crippen molar-refractivity contribution in [3.63, 3.8) is 0 Å². The topological polar surface area (TPSA) is 99.8 Å². The van der Waals surface area contributed by atoms with E-state index in [2.05, 4.69) is 16.0 Å². The third-order valence-corrected chi connectivity index (χ3v) is 5.56. The second-order valence-corrected chi connectivity index (χ2v) is 7.88. The minimum Gasteiger partial charge on any atom is -0.376 e. The standard InChI is InChI=1S/C25H32N4O4/c1-3-29(4-2)25(32)19-7-5-8-21(15-19)28-23(30)17-26-20-12-10-18(11-13-20)24(31)27-16-22-9-6-14-33-22/h5,7-8,10-13,15,22,26H,3-4,6,9,14,16-17H2,1-2H3,(H,27,31)(H,28,30). The average Bonchev–Trinajstić information content (AvgIpc) is 3.36. The van der Waals surface area contributed by atoms with Crippen LogP contribution in [0.25, 0.3) is 0 Å². The maximum absolute atomic E-state index is 12.5. The molecule has 0 bridgehead atoms. The van der Waals surface area contributed by atoms with E-state index in [4.69, 9.17) is 4.74 Å². The molecular weight excluding hydrogens is 420 g/mol. The van der Waals surface area contributed by atoms with Crippen LogP contribution in [0.2, 0.25) is 0 Å². The molecule has 0 aromatic heterocycles. The van der Waals surface area contributed by atoms with Gasteiger partial charge in [-0.3, -0.25) is 14.4 Å². The van der Waals surface area contributed by atoms with Gasteiger partial charge in [0.15, 0.2) is 0 Å². The molecule has 8 nitrogen and oxygen atoms in total. The number of rotatable bonds is 10. The van der Waals surface area contributed by atoms with Crippen molar-refractivity contribution in [3.8, 4) is 0 Å². The predicted molar refractivity (Wildman–Crippen MR) is 129 cm³/mol. The van der Waals surface area contributed by atoms with Crippen LogP contribution in [0.5, 0.6) is 0 Å². The van der Waals surface area contributed by atoms with Gasteiger partial charge in [0.05, 0.1) is 12.6 Å². The van der Waals surface area contributed by atoms with Crippen molar-refractivity contribution in [3.05, 3.63) is 59.7 Å². The molecule has 0 aliphatic carbocycles. The summed E-state index contributed by atoms with van der Waals surface area (Å²) in [5, 5.41) is 8.74. The lowest BCUT2D eigenvalue weighted by atomic mass is 10.1. The van der Waals surface area contributed by atoms with Gasteiger partial charge >= 0.3 is 0 Å². The molecule has 1 heterocycles. The molecule has 8 heteroatoms. The SMILES string of the molecule is CCN(CC)C(=O)c1cccc(NC(=O)CNc2ccc(C(=O)NCC3CCCO3)cc2)c1. The van der Waals surface area contributed by atoms with Crippen LogP contribution in [0.1, 0.15) is 47.4 Å². The maximum Gasteiger partial charge on any atom is 0.253 e. The normalized spacial score (nSPS) is 15.0. The van der Waals surface area contributed by atoms with Crippen LogP contribution in [0.15, 0.2) is 48.5 Å². The van der Waals surface area contributed by atoms with Gasteiger partial charge in [-0.25, -0.2) is 0 Å². The second kappa shape index (κ2) is 12.0. The molecule has 0 saturated carbocycles. The zero-order valence-corrected chi connectivity index (χ0v) is 19.2. The summed E-state index contributed by atoms with van der Waals surface area (Å²) < 4.78 is 5.51. The van der Waals surface area contributed by atoms with Crippen molar-refractivity contribution in [2.24, 2.45) is 0 Å². The molecule has 2 aromatic carbocycles. The zero-order chi connectivity index (χ0) is 23.6. The van der Waals surface area contributed by atoms with Crippen molar-refractivity contribution in [2.45, 2.75) is 32.8 Å². The Bertz CT molecular complexity index is 951. The summed E-state index contributed by atoms with van der Waals surface area (Å²) in [5.41, 5.74) is 2.39. The summed E-state index contributed by atoms with van der Waals surface area (Å²) in [5.74, 6) is -0.441. The minimum absolute atomic E-state index is 0.0543. The van der Waals surface area contributed by atoms with Gasteiger partial charge in [0, 0.05) is 48.7 Å². The molecule has 3 rings (SSSR count). The molecule has 33 heavy (non-hydrogen) atoms. The van der Waals surface area contributed by atoms with Crippen molar-refractivity contribution in [2.75, 3.05) is 43.4 Å². The Morgan fingerprint density at radius 3 is 2.42 bits per heavy atom. The van der Waals surface area contributed by atoms with E-state index in [1.54, 1.807) is 53.4 Å². The van der Waals surface area contributed by atoms with Crippen LogP contribution in [-0.2, 0) is 9.53 Å². The molecule has 1 aliphatic rings. The Morgan fingerprint density at radius 1 is 1.00 bits per heavy atom. The fraction of sp³-hybridized carbons (Fsp3) is 0.400. The van der Waals surface area contributed by atoms with Gasteiger partial charge in [0.1, 0.15) is 0 Å². The third-order valence-electron chi connectivity index (χ3n) is 5.56. The molecule has 176 valence electrons. The Hall–Kier alpha value is -3.39. The predicted octanol–water partition coefficient (Wildman–Crippen LogP) is 3.13. The number of carbonyl (C=O) groups excluding carboxylic acids is 3. The van der Waals surface area contributed by atoms with Crippen molar-refractivity contribution in [1.82, 2.24) is 10.2 Å². The zero-order valence-electron chi connectivity index (χ0n) is 19.2. The van der Waals surface area contributed by atoms with Crippen molar-refractivity contribution < 1.29 is 19.1 Å². The van der Waals surface area contributed by atoms with Gasteiger partial charge in [0.2, 0.25) is 5.91 Å². The van der Waals surface area contributed by atoms with Crippen LogP contribution < -0.4 is 16.0 Å². The molecule has 1 aliphatic heterocycles. The number of amides is 3. The lowest BCUT2D eigenvalue weighted by Crippen LogP contribution is -2.31. The number of anilines is 2. The lowest BCUT2D eigenvalue weighted by Gasteiger charge is -2.19. The number of ether oxygens (including phenoxy) is 1. The molecule has 0 radical (unpaired) electrons. The molecule has 3 amide bonds. The van der Waals surface area contributed by atoms with Crippen molar-refractivity contribution in [1.29, 1.82) is 0 Å². The second-order valence-electron chi connectivity index (χ2n) is 7.88. The number of hydrogen-bond donors (Lipinski definition) is 3. The Balaban J connectivity index is 1.47. The summed E-state index contributed by atoms with van der Waals surface area (Å²) in [7, 11) is 0. The largest absolute Gasteiger partial charge is 0.376 e. The van der Waals surface area contributed by atoms with E-state index in [9.17, 15) is 14.4 Å². The average molecular weight is 453 g/mol. The number of nitrogens with zero attached hydrogens (tertiary/aromatic N) is 1. The molecule has 1 fully saturated rings. The van der Waals surface area contributed by atoms with Gasteiger partial charge in [-0.05, 0) is 69.2 Å². The van der Waals surface area contributed by atoms with Crippen LogP contribution in [0, 0.1) is 0 Å². The van der Waals surface area contributed by atoms with Crippen LogP contribution >= 0.6 is 0 Å². The number of carbonyl (C=O) groups is 3. The quantitative estimate of drug-likeness (QED) is 0.514. The number of benzene rings is 2. The Morgan fingerprint density at radius 2 is 1.76 bits per heavy atom. The molecule has 1 saturated heterocycles. The van der Waals surface area contributed by atoms with Crippen LogP contribution in [0.3, 0.4) is 0 Å². The van der Waals surface area contributed by atoms with E-state index in [0.717, 1.165) is 25.1 Å². The van der Waals surface area contributed by atoms with Gasteiger partial charge in [0.25, 0.3) is 11.8 Å². The molecule has 2 aromatic rings. The maximum atomic E-state index is 12.5. The highest BCUT2D eigenvalue weighted by atomic mass is 16.5. The first-order valence-electron chi connectivity index (χ1n) is 11.4. The minimum atomic E-state index is -0.235. The molecule has 1 unspecified atom stereocenters. The summed E-state index contributed by atoms with van der Waals surface area (Å²) in [6, 6.07) is 13.9. The highest BCUT2D eigenvalue weighted by Crippen LogP contribution is 2.14. The number of nitrogens with one attached hydrogen (secondary N) is 3. The molecular formula is C25H32N4O4. The van der Waals surface area contributed by atoms with Crippen LogP contribution in [0.4, 0.5) is 11.4 Å². The fourth-order valence-corrected chi connectivity index (χ4v) is 3.66. The highest BCUT2D eigenvalue weighted by Gasteiger charge is 2.17. The van der Waals surface area contributed by atoms with Crippen LogP contribution in [-0.4, -0.2) is 61.5 Å². The first-order chi connectivity index (χ1) is 16.0. The van der Waals surface area contributed by atoms with E-state index in [0.29, 0.717) is 36.4 Å². The van der Waals surface area contributed by atoms with E-state index >= 15 is 0 Å². The Kier molecular flexibility index (Phi) is 8.83. The van der Waals surface area contributed by atoms with Gasteiger partial charge < -0.3 is 25.6 Å². The lowest BCUT2D eigenvalue weighted by molar-refractivity contribution is -0.114.